The quantitative estimate of drug-likeness (QED) is 0.673. The molecule has 72 valence electrons. The van der Waals surface area contributed by atoms with E-state index in [1.165, 1.54) is 44.9 Å². The number of hydrogen-bond donors (Lipinski definition) is 1. The third kappa shape index (κ3) is 2.01. The van der Waals surface area contributed by atoms with Crippen LogP contribution in [0.5, 0.6) is 0 Å². The molecule has 1 nitrogen and oxygen atoms in total. The second-order valence-corrected chi connectivity index (χ2v) is 4.40. The van der Waals surface area contributed by atoms with E-state index in [1.807, 2.05) is 0 Å². The zero-order valence-corrected chi connectivity index (χ0v) is 8.73. The molecule has 1 saturated carbocycles. The summed E-state index contributed by atoms with van der Waals surface area (Å²) in [6.07, 6.45) is 9.74. The Balaban J connectivity index is 2.51. The van der Waals surface area contributed by atoms with Gasteiger partial charge in [0.15, 0.2) is 0 Å². The van der Waals surface area contributed by atoms with Gasteiger partial charge in [-0.05, 0) is 25.7 Å². The molecule has 1 aliphatic carbocycles. The second kappa shape index (κ2) is 4.27. The monoisotopic (exact) mass is 170 g/mol. The van der Waals surface area contributed by atoms with Gasteiger partial charge in [-0.1, -0.05) is 33.1 Å². The summed E-state index contributed by atoms with van der Waals surface area (Å²) in [6, 6.07) is 0. The zero-order chi connectivity index (χ0) is 9.03. The highest BCUT2D eigenvalue weighted by Gasteiger charge is 2.35. The van der Waals surface area contributed by atoms with Crippen molar-refractivity contribution in [2.75, 3.05) is 0 Å². The maximum atomic E-state index is 4.43. The molecule has 0 aliphatic heterocycles. The summed E-state index contributed by atoms with van der Waals surface area (Å²) in [5.41, 5.74) is 4.83. The van der Waals surface area contributed by atoms with E-state index >= 15 is 0 Å². The average Bonchev–Trinajstić information content (AvgIpc) is 2.18. The molecule has 0 aromatic heterocycles. The van der Waals surface area contributed by atoms with Crippen LogP contribution in [0.1, 0.15) is 58.8 Å². The lowest BCUT2D eigenvalue weighted by Crippen LogP contribution is -2.75. The van der Waals surface area contributed by atoms with E-state index in [1.54, 1.807) is 0 Å². The molecular weight excluding hydrogens is 146 g/mol. The van der Waals surface area contributed by atoms with Crippen LogP contribution in [0.25, 0.3) is 0 Å². The van der Waals surface area contributed by atoms with Crippen molar-refractivity contribution in [3.05, 3.63) is 0 Å². The number of hydrogen-bond acceptors (Lipinski definition) is 0. The molecule has 1 heteroatoms. The summed E-state index contributed by atoms with van der Waals surface area (Å²) in [6.45, 7) is 4.59. The van der Waals surface area contributed by atoms with E-state index in [0.717, 1.165) is 5.92 Å². The molecule has 0 atom stereocenters. The highest BCUT2D eigenvalue weighted by Crippen LogP contribution is 2.33. The fourth-order valence-corrected chi connectivity index (χ4v) is 2.54. The lowest BCUT2D eigenvalue weighted by Gasteiger charge is -2.35. The first kappa shape index (κ1) is 10.0. The fraction of sp³-hybridized carbons (Fsp3) is 1.00. The predicted molar refractivity (Wildman–Crippen MR) is 52.8 cm³/mol. The van der Waals surface area contributed by atoms with Crippen molar-refractivity contribution < 1.29 is 5.73 Å². The third-order valence-corrected chi connectivity index (χ3v) is 3.88. The van der Waals surface area contributed by atoms with Gasteiger partial charge in [0, 0.05) is 5.92 Å². The molecule has 0 amide bonds. The summed E-state index contributed by atoms with van der Waals surface area (Å²) in [7, 11) is 0. The molecule has 0 spiro atoms. The van der Waals surface area contributed by atoms with Crippen LogP contribution in [0.15, 0.2) is 0 Å². The van der Waals surface area contributed by atoms with E-state index in [0.29, 0.717) is 5.54 Å². The third-order valence-electron chi connectivity index (χ3n) is 3.88. The van der Waals surface area contributed by atoms with E-state index in [4.69, 9.17) is 0 Å². The zero-order valence-electron chi connectivity index (χ0n) is 8.73. The fourth-order valence-electron chi connectivity index (χ4n) is 2.54. The largest absolute Gasteiger partial charge is 0.352 e. The van der Waals surface area contributed by atoms with Crippen LogP contribution in [0.4, 0.5) is 0 Å². The van der Waals surface area contributed by atoms with Gasteiger partial charge in [0.1, 0.15) is 0 Å². The molecule has 0 heterocycles. The van der Waals surface area contributed by atoms with Gasteiger partial charge in [-0.15, -0.1) is 0 Å². The minimum absolute atomic E-state index is 0.403. The van der Waals surface area contributed by atoms with Gasteiger partial charge in [-0.2, -0.15) is 0 Å². The van der Waals surface area contributed by atoms with E-state index in [9.17, 15) is 0 Å². The molecular formula is C11H24N+. The number of quaternary nitrogens is 1. The SMILES string of the molecule is CCC([NH3+])(CC)C1CCCCC1. The molecule has 1 aliphatic rings. The van der Waals surface area contributed by atoms with E-state index in [-0.39, 0.29) is 0 Å². The average molecular weight is 170 g/mol. The maximum absolute atomic E-state index is 4.43. The molecule has 1 fully saturated rings. The molecule has 0 aromatic rings. The Morgan fingerprint density at radius 1 is 1.08 bits per heavy atom. The van der Waals surface area contributed by atoms with Crippen LogP contribution in [0, 0.1) is 5.92 Å². The Morgan fingerprint density at radius 3 is 2.00 bits per heavy atom. The van der Waals surface area contributed by atoms with Gasteiger partial charge in [0.2, 0.25) is 0 Å². The Labute approximate surface area is 76.7 Å². The van der Waals surface area contributed by atoms with Crippen LogP contribution < -0.4 is 5.73 Å². The van der Waals surface area contributed by atoms with Crippen LogP contribution in [0.3, 0.4) is 0 Å². The van der Waals surface area contributed by atoms with Gasteiger partial charge < -0.3 is 5.73 Å². The summed E-state index contributed by atoms with van der Waals surface area (Å²) < 4.78 is 0. The Bertz CT molecular complexity index is 121. The van der Waals surface area contributed by atoms with Crippen LogP contribution in [-0.4, -0.2) is 5.54 Å². The summed E-state index contributed by atoms with van der Waals surface area (Å²) >= 11 is 0. The molecule has 3 N–H and O–H groups in total. The van der Waals surface area contributed by atoms with E-state index in [2.05, 4.69) is 19.6 Å². The van der Waals surface area contributed by atoms with Crippen molar-refractivity contribution in [1.82, 2.24) is 0 Å². The van der Waals surface area contributed by atoms with Crippen molar-refractivity contribution in [2.24, 2.45) is 5.92 Å². The Kier molecular flexibility index (Phi) is 3.57. The predicted octanol–water partition coefficient (Wildman–Crippen LogP) is 2.37. The Morgan fingerprint density at radius 2 is 1.58 bits per heavy atom. The van der Waals surface area contributed by atoms with Crippen molar-refractivity contribution in [3.8, 4) is 0 Å². The number of rotatable bonds is 3. The molecule has 12 heavy (non-hydrogen) atoms. The maximum Gasteiger partial charge on any atom is 0.0968 e. The van der Waals surface area contributed by atoms with Crippen LogP contribution in [0.2, 0.25) is 0 Å². The van der Waals surface area contributed by atoms with Crippen LogP contribution in [-0.2, 0) is 0 Å². The molecule has 0 bridgehead atoms. The lowest BCUT2D eigenvalue weighted by atomic mass is 9.72. The lowest BCUT2D eigenvalue weighted by molar-refractivity contribution is -0.496. The summed E-state index contributed by atoms with van der Waals surface area (Å²) in [5.74, 6) is 0.918. The van der Waals surface area contributed by atoms with Crippen LogP contribution >= 0.6 is 0 Å². The molecule has 1 rings (SSSR count). The van der Waals surface area contributed by atoms with Crippen molar-refractivity contribution >= 4 is 0 Å². The van der Waals surface area contributed by atoms with Gasteiger partial charge in [0.25, 0.3) is 0 Å². The smallest absolute Gasteiger partial charge is 0.0968 e. The standard InChI is InChI=1S/C11H23N/c1-3-11(12,4-2)10-8-6-5-7-9-10/h10H,3-9,12H2,1-2H3/p+1. The van der Waals surface area contributed by atoms with Crippen molar-refractivity contribution in [2.45, 2.75) is 64.3 Å². The first-order chi connectivity index (χ1) is 5.73. The Hall–Kier alpha value is -0.0400. The van der Waals surface area contributed by atoms with Gasteiger partial charge in [-0.3, -0.25) is 0 Å². The summed E-state index contributed by atoms with van der Waals surface area (Å²) in [4.78, 5) is 0. The second-order valence-electron chi connectivity index (χ2n) is 4.40. The molecule has 0 aromatic carbocycles. The summed E-state index contributed by atoms with van der Waals surface area (Å²) in [5, 5.41) is 0. The van der Waals surface area contributed by atoms with Gasteiger partial charge in [-0.25, -0.2) is 0 Å². The molecule has 0 saturated heterocycles. The molecule has 0 radical (unpaired) electrons. The first-order valence-corrected chi connectivity index (χ1v) is 5.58. The molecule has 0 unspecified atom stereocenters. The van der Waals surface area contributed by atoms with Crippen molar-refractivity contribution in [1.29, 1.82) is 0 Å². The highest BCUT2D eigenvalue weighted by atomic mass is 14.8. The normalized spacial score (nSPS) is 21.2. The van der Waals surface area contributed by atoms with Crippen molar-refractivity contribution in [3.63, 3.8) is 0 Å². The minimum atomic E-state index is 0.403. The topological polar surface area (TPSA) is 27.6 Å². The van der Waals surface area contributed by atoms with Gasteiger partial charge >= 0.3 is 0 Å². The van der Waals surface area contributed by atoms with Gasteiger partial charge in [0.05, 0.1) is 5.54 Å². The first-order valence-electron chi connectivity index (χ1n) is 5.58. The minimum Gasteiger partial charge on any atom is -0.352 e. The van der Waals surface area contributed by atoms with E-state index < -0.39 is 0 Å². The highest BCUT2D eigenvalue weighted by molar-refractivity contribution is 4.84.